The number of hydrogen-bond donors (Lipinski definition) is 1. The van der Waals surface area contributed by atoms with E-state index in [9.17, 15) is 0 Å². The lowest BCUT2D eigenvalue weighted by atomic mass is 10.1. The Morgan fingerprint density at radius 3 is 2.53 bits per heavy atom. The SMILES string of the molecule is Cc1cc(NC(C)c2c(C)nn(C)c2C)cnc1Cl. The van der Waals surface area contributed by atoms with Crippen LogP contribution >= 0.6 is 11.6 Å². The lowest BCUT2D eigenvalue weighted by molar-refractivity contribution is 0.728. The van der Waals surface area contributed by atoms with Gasteiger partial charge in [0.1, 0.15) is 5.15 Å². The van der Waals surface area contributed by atoms with Crippen LogP contribution in [0.25, 0.3) is 0 Å². The largest absolute Gasteiger partial charge is 0.377 e. The summed E-state index contributed by atoms with van der Waals surface area (Å²) in [7, 11) is 1.96. The van der Waals surface area contributed by atoms with E-state index in [1.165, 1.54) is 11.3 Å². The first kappa shape index (κ1) is 13.9. The minimum atomic E-state index is 0.177. The zero-order valence-electron chi connectivity index (χ0n) is 12.0. The molecule has 1 atom stereocenters. The molecular formula is C14H19ClN4. The van der Waals surface area contributed by atoms with Gasteiger partial charge in [0.2, 0.25) is 0 Å². The van der Waals surface area contributed by atoms with Gasteiger partial charge in [0.05, 0.1) is 23.6 Å². The molecule has 0 aliphatic rings. The number of anilines is 1. The molecule has 2 aromatic rings. The Balaban J connectivity index is 2.25. The first-order valence-electron chi connectivity index (χ1n) is 6.29. The van der Waals surface area contributed by atoms with Crippen LogP contribution in [0.1, 0.15) is 35.5 Å². The smallest absolute Gasteiger partial charge is 0.132 e. The fraction of sp³-hybridized carbons (Fsp3) is 0.429. The second-order valence-corrected chi connectivity index (χ2v) is 5.26. The molecule has 0 bridgehead atoms. The van der Waals surface area contributed by atoms with Gasteiger partial charge in [-0.25, -0.2) is 4.98 Å². The van der Waals surface area contributed by atoms with E-state index in [4.69, 9.17) is 11.6 Å². The molecule has 0 saturated heterocycles. The summed E-state index contributed by atoms with van der Waals surface area (Å²) in [6.45, 7) is 8.19. The third-order valence-electron chi connectivity index (χ3n) is 3.40. The predicted molar refractivity (Wildman–Crippen MR) is 78.7 cm³/mol. The third kappa shape index (κ3) is 2.73. The second-order valence-electron chi connectivity index (χ2n) is 4.91. The van der Waals surface area contributed by atoms with Gasteiger partial charge >= 0.3 is 0 Å². The number of hydrogen-bond acceptors (Lipinski definition) is 3. The van der Waals surface area contributed by atoms with Gasteiger partial charge < -0.3 is 5.32 Å². The van der Waals surface area contributed by atoms with Gasteiger partial charge in [-0.15, -0.1) is 0 Å². The normalized spacial score (nSPS) is 12.5. The Labute approximate surface area is 118 Å². The fourth-order valence-electron chi connectivity index (χ4n) is 2.38. The summed E-state index contributed by atoms with van der Waals surface area (Å²) in [5, 5.41) is 8.44. The van der Waals surface area contributed by atoms with E-state index >= 15 is 0 Å². The molecule has 0 aliphatic heterocycles. The maximum Gasteiger partial charge on any atom is 0.132 e. The van der Waals surface area contributed by atoms with Crippen LogP contribution < -0.4 is 5.32 Å². The fourth-order valence-corrected chi connectivity index (χ4v) is 2.48. The number of halogens is 1. The first-order chi connectivity index (χ1) is 8.90. The quantitative estimate of drug-likeness (QED) is 0.873. The zero-order chi connectivity index (χ0) is 14.2. The van der Waals surface area contributed by atoms with Crippen molar-refractivity contribution in [1.82, 2.24) is 14.8 Å². The molecule has 2 rings (SSSR count). The molecule has 19 heavy (non-hydrogen) atoms. The molecule has 0 fully saturated rings. The minimum Gasteiger partial charge on any atom is -0.377 e. The van der Waals surface area contributed by atoms with Crippen molar-refractivity contribution in [3.8, 4) is 0 Å². The molecule has 5 heteroatoms. The first-order valence-corrected chi connectivity index (χ1v) is 6.66. The molecule has 2 heterocycles. The monoisotopic (exact) mass is 278 g/mol. The number of rotatable bonds is 3. The highest BCUT2D eigenvalue weighted by molar-refractivity contribution is 6.30. The molecule has 0 aromatic carbocycles. The van der Waals surface area contributed by atoms with Gasteiger partial charge in [-0.3, -0.25) is 4.68 Å². The van der Waals surface area contributed by atoms with E-state index in [2.05, 4.69) is 29.2 Å². The molecule has 0 saturated carbocycles. The van der Waals surface area contributed by atoms with Crippen LogP contribution in [-0.4, -0.2) is 14.8 Å². The van der Waals surface area contributed by atoms with E-state index in [1.54, 1.807) is 6.20 Å². The Hall–Kier alpha value is -1.55. The average Bonchev–Trinajstić information content (AvgIpc) is 2.58. The van der Waals surface area contributed by atoms with Crippen molar-refractivity contribution in [2.24, 2.45) is 7.05 Å². The van der Waals surface area contributed by atoms with E-state index in [1.807, 2.05) is 31.6 Å². The van der Waals surface area contributed by atoms with Crippen molar-refractivity contribution in [2.75, 3.05) is 5.32 Å². The van der Waals surface area contributed by atoms with Crippen molar-refractivity contribution in [1.29, 1.82) is 0 Å². The lowest BCUT2D eigenvalue weighted by Gasteiger charge is -2.16. The number of aromatic nitrogens is 3. The highest BCUT2D eigenvalue weighted by Crippen LogP contribution is 2.25. The van der Waals surface area contributed by atoms with Crippen molar-refractivity contribution in [2.45, 2.75) is 33.7 Å². The van der Waals surface area contributed by atoms with Crippen molar-refractivity contribution in [3.63, 3.8) is 0 Å². The maximum absolute atomic E-state index is 5.94. The van der Waals surface area contributed by atoms with Gasteiger partial charge in [0.25, 0.3) is 0 Å². The summed E-state index contributed by atoms with van der Waals surface area (Å²) in [6, 6.07) is 2.18. The molecule has 0 radical (unpaired) electrons. The van der Waals surface area contributed by atoms with Crippen LogP contribution in [0.5, 0.6) is 0 Å². The predicted octanol–water partition coefficient (Wildman–Crippen LogP) is 3.57. The van der Waals surface area contributed by atoms with Crippen LogP contribution in [0.2, 0.25) is 5.15 Å². The van der Waals surface area contributed by atoms with Crippen molar-refractivity contribution in [3.05, 3.63) is 39.9 Å². The summed E-state index contributed by atoms with van der Waals surface area (Å²) < 4.78 is 1.91. The van der Waals surface area contributed by atoms with Crippen molar-refractivity contribution < 1.29 is 0 Å². The zero-order valence-corrected chi connectivity index (χ0v) is 12.7. The van der Waals surface area contributed by atoms with E-state index in [0.717, 1.165) is 16.9 Å². The standard InChI is InChI=1S/C14H19ClN4/c1-8-6-12(7-16-14(8)15)17-9(2)13-10(3)18-19(5)11(13)4/h6-7,9,17H,1-5H3. The van der Waals surface area contributed by atoms with E-state index < -0.39 is 0 Å². The lowest BCUT2D eigenvalue weighted by Crippen LogP contribution is -2.09. The molecule has 1 unspecified atom stereocenters. The highest BCUT2D eigenvalue weighted by Gasteiger charge is 2.16. The van der Waals surface area contributed by atoms with Gasteiger partial charge in [0, 0.05) is 18.3 Å². The van der Waals surface area contributed by atoms with Crippen LogP contribution in [0.3, 0.4) is 0 Å². The summed E-state index contributed by atoms with van der Waals surface area (Å²) in [5.41, 5.74) is 5.40. The number of nitrogens with zero attached hydrogens (tertiary/aromatic N) is 3. The number of aryl methyl sites for hydroxylation is 3. The molecule has 1 N–H and O–H groups in total. The summed E-state index contributed by atoms with van der Waals surface area (Å²) in [4.78, 5) is 4.16. The third-order valence-corrected chi connectivity index (χ3v) is 3.79. The maximum atomic E-state index is 5.94. The molecule has 2 aromatic heterocycles. The van der Waals surface area contributed by atoms with Gasteiger partial charge in [-0.2, -0.15) is 5.10 Å². The van der Waals surface area contributed by atoms with Gasteiger partial charge in [-0.05, 0) is 39.3 Å². The summed E-state index contributed by atoms with van der Waals surface area (Å²) in [6.07, 6.45) is 1.76. The van der Waals surface area contributed by atoms with Gasteiger partial charge in [-0.1, -0.05) is 11.6 Å². The minimum absolute atomic E-state index is 0.177. The average molecular weight is 279 g/mol. The van der Waals surface area contributed by atoms with Crippen LogP contribution in [0.15, 0.2) is 12.3 Å². The van der Waals surface area contributed by atoms with E-state index in [-0.39, 0.29) is 6.04 Å². The van der Waals surface area contributed by atoms with Crippen molar-refractivity contribution >= 4 is 17.3 Å². The molecule has 4 nitrogen and oxygen atoms in total. The second kappa shape index (κ2) is 5.21. The molecule has 0 aliphatic carbocycles. The molecule has 0 spiro atoms. The Morgan fingerprint density at radius 2 is 2.00 bits per heavy atom. The van der Waals surface area contributed by atoms with E-state index in [0.29, 0.717) is 5.15 Å². The topological polar surface area (TPSA) is 42.7 Å². The van der Waals surface area contributed by atoms with Crippen LogP contribution in [0, 0.1) is 20.8 Å². The summed E-state index contributed by atoms with van der Waals surface area (Å²) >= 11 is 5.94. The van der Waals surface area contributed by atoms with Gasteiger partial charge in [0.15, 0.2) is 0 Å². The van der Waals surface area contributed by atoms with Crippen LogP contribution in [-0.2, 0) is 7.05 Å². The molecular weight excluding hydrogens is 260 g/mol. The number of pyridine rings is 1. The Bertz CT molecular complexity index is 604. The molecule has 0 amide bonds. The highest BCUT2D eigenvalue weighted by atomic mass is 35.5. The van der Waals surface area contributed by atoms with Crippen LogP contribution in [0.4, 0.5) is 5.69 Å². The number of nitrogens with one attached hydrogen (secondary N) is 1. The molecule has 102 valence electrons. The Morgan fingerprint density at radius 1 is 1.32 bits per heavy atom. The Kier molecular flexibility index (Phi) is 3.80. The summed E-state index contributed by atoms with van der Waals surface area (Å²) in [5.74, 6) is 0.